The number of morpholine rings is 1. The number of tetrazole rings is 1. The topological polar surface area (TPSA) is 85.2 Å². The Morgan fingerprint density at radius 1 is 1.35 bits per heavy atom. The van der Waals surface area contributed by atoms with Crippen LogP contribution in [0, 0.1) is 12.7 Å². The van der Waals surface area contributed by atoms with Gasteiger partial charge in [0.05, 0.1) is 26.3 Å². The van der Waals surface area contributed by atoms with Gasteiger partial charge in [-0.25, -0.2) is 9.07 Å². The Hall–Kier alpha value is -2.39. The Balaban J connectivity index is 1.45. The molecule has 140 valence electrons. The number of benzene rings is 1. The van der Waals surface area contributed by atoms with Gasteiger partial charge in [0.1, 0.15) is 5.82 Å². The molecule has 0 radical (unpaired) electrons. The number of nitrogens with zero attached hydrogens (tertiary/aromatic N) is 5. The molecule has 1 N–H and O–H groups in total. The van der Waals surface area contributed by atoms with Crippen molar-refractivity contribution in [1.82, 2.24) is 30.4 Å². The molecule has 26 heavy (non-hydrogen) atoms. The molecule has 1 fully saturated rings. The number of rotatable bonds is 7. The second-order valence-electron chi connectivity index (χ2n) is 6.32. The van der Waals surface area contributed by atoms with E-state index in [9.17, 15) is 9.18 Å². The highest BCUT2D eigenvalue weighted by Gasteiger charge is 2.15. The van der Waals surface area contributed by atoms with Crippen molar-refractivity contribution in [3.8, 4) is 0 Å². The third kappa shape index (κ3) is 5.06. The van der Waals surface area contributed by atoms with Crippen molar-refractivity contribution in [1.29, 1.82) is 0 Å². The molecule has 1 amide bonds. The maximum Gasteiger partial charge on any atom is 0.222 e. The Morgan fingerprint density at radius 2 is 2.15 bits per heavy atom. The molecule has 1 aliphatic heterocycles. The third-order valence-electron chi connectivity index (χ3n) is 4.35. The van der Waals surface area contributed by atoms with E-state index >= 15 is 0 Å². The molecule has 2 heterocycles. The lowest BCUT2D eigenvalue weighted by Gasteiger charge is -2.25. The Labute approximate surface area is 151 Å². The molecule has 0 spiro atoms. The quantitative estimate of drug-likeness (QED) is 0.779. The zero-order valence-electron chi connectivity index (χ0n) is 14.8. The van der Waals surface area contributed by atoms with Crippen LogP contribution >= 0.6 is 0 Å². The molecule has 1 saturated heterocycles. The van der Waals surface area contributed by atoms with Crippen molar-refractivity contribution < 1.29 is 13.9 Å². The van der Waals surface area contributed by atoms with Crippen LogP contribution in [0.2, 0.25) is 0 Å². The molecule has 2 aromatic rings. The monoisotopic (exact) mass is 362 g/mol. The van der Waals surface area contributed by atoms with Gasteiger partial charge in [0.25, 0.3) is 0 Å². The smallest absolute Gasteiger partial charge is 0.222 e. The Kier molecular flexibility index (Phi) is 6.24. The summed E-state index contributed by atoms with van der Waals surface area (Å²) in [4.78, 5) is 14.3. The van der Waals surface area contributed by atoms with Crippen LogP contribution < -0.4 is 5.32 Å². The number of hydrogen-bond donors (Lipinski definition) is 1. The van der Waals surface area contributed by atoms with E-state index < -0.39 is 0 Å². The molecule has 0 aliphatic carbocycles. The first-order valence-electron chi connectivity index (χ1n) is 8.68. The van der Waals surface area contributed by atoms with Crippen molar-refractivity contribution in [2.75, 3.05) is 26.3 Å². The number of amides is 1. The molecule has 1 aromatic carbocycles. The van der Waals surface area contributed by atoms with Gasteiger partial charge in [-0.2, -0.15) is 0 Å². The summed E-state index contributed by atoms with van der Waals surface area (Å²) in [5.74, 6) is 0.345. The summed E-state index contributed by atoms with van der Waals surface area (Å²) >= 11 is 0. The van der Waals surface area contributed by atoms with Crippen molar-refractivity contribution in [2.45, 2.75) is 33.0 Å². The third-order valence-corrected chi connectivity index (χ3v) is 4.35. The summed E-state index contributed by atoms with van der Waals surface area (Å²) in [7, 11) is 0. The molecule has 0 saturated carbocycles. The normalized spacial score (nSPS) is 15.2. The molecule has 9 heteroatoms. The number of carbonyl (C=O) groups excluding carboxylic acids is 1. The van der Waals surface area contributed by atoms with Crippen LogP contribution in [0.3, 0.4) is 0 Å². The highest BCUT2D eigenvalue weighted by atomic mass is 19.1. The van der Waals surface area contributed by atoms with Crippen LogP contribution in [0.25, 0.3) is 0 Å². The van der Waals surface area contributed by atoms with E-state index in [1.165, 1.54) is 6.07 Å². The first-order chi connectivity index (χ1) is 12.6. The minimum absolute atomic E-state index is 0.126. The van der Waals surface area contributed by atoms with Crippen molar-refractivity contribution in [3.63, 3.8) is 0 Å². The summed E-state index contributed by atoms with van der Waals surface area (Å²) < 4.78 is 20.5. The van der Waals surface area contributed by atoms with Crippen molar-refractivity contribution in [3.05, 3.63) is 41.0 Å². The minimum atomic E-state index is -0.266. The number of aryl methyl sites for hydroxylation is 2. The molecule has 0 unspecified atom stereocenters. The zero-order chi connectivity index (χ0) is 18.4. The van der Waals surface area contributed by atoms with E-state index in [2.05, 4.69) is 25.7 Å². The number of halogens is 1. The zero-order valence-corrected chi connectivity index (χ0v) is 14.8. The highest BCUT2D eigenvalue weighted by molar-refractivity contribution is 5.75. The fourth-order valence-electron chi connectivity index (χ4n) is 2.71. The van der Waals surface area contributed by atoms with Gasteiger partial charge in [0.2, 0.25) is 5.91 Å². The van der Waals surface area contributed by atoms with Gasteiger partial charge in [0, 0.05) is 26.1 Å². The van der Waals surface area contributed by atoms with E-state index in [-0.39, 0.29) is 18.1 Å². The van der Waals surface area contributed by atoms with Crippen molar-refractivity contribution >= 4 is 5.91 Å². The van der Waals surface area contributed by atoms with E-state index in [4.69, 9.17) is 4.74 Å². The van der Waals surface area contributed by atoms with Gasteiger partial charge in [-0.15, -0.1) is 5.10 Å². The van der Waals surface area contributed by atoms with E-state index in [0.717, 1.165) is 24.5 Å². The standard InChI is InChI=1S/C17H23FN6O2/c1-13-2-3-14(10-15(13)18)11-19-17(25)4-5-24-16(20-21-22-24)12-23-6-8-26-9-7-23/h2-3,10H,4-9,11-12H2,1H3,(H,19,25). The lowest BCUT2D eigenvalue weighted by Crippen LogP contribution is -2.36. The Bertz CT molecular complexity index is 745. The summed E-state index contributed by atoms with van der Waals surface area (Å²) in [6.07, 6.45) is 0.259. The number of nitrogens with one attached hydrogen (secondary N) is 1. The van der Waals surface area contributed by atoms with Gasteiger partial charge in [-0.3, -0.25) is 9.69 Å². The van der Waals surface area contributed by atoms with Gasteiger partial charge < -0.3 is 10.1 Å². The van der Waals surface area contributed by atoms with E-state index in [1.807, 2.05) is 0 Å². The molecule has 1 aliphatic rings. The fraction of sp³-hybridized carbons (Fsp3) is 0.529. The van der Waals surface area contributed by atoms with Gasteiger partial charge in [-0.05, 0) is 34.5 Å². The first kappa shape index (κ1) is 18.4. The average Bonchev–Trinajstić information content (AvgIpc) is 3.09. The molecule has 0 bridgehead atoms. The predicted molar refractivity (Wildman–Crippen MR) is 91.5 cm³/mol. The minimum Gasteiger partial charge on any atom is -0.379 e. The van der Waals surface area contributed by atoms with Crippen LogP contribution in [0.4, 0.5) is 4.39 Å². The van der Waals surface area contributed by atoms with E-state index in [1.54, 1.807) is 23.7 Å². The van der Waals surface area contributed by atoms with Crippen molar-refractivity contribution in [2.24, 2.45) is 0 Å². The SMILES string of the molecule is Cc1ccc(CNC(=O)CCn2nnnc2CN2CCOCC2)cc1F. The number of carbonyl (C=O) groups is 1. The summed E-state index contributed by atoms with van der Waals surface area (Å²) in [5.41, 5.74) is 1.32. The second-order valence-corrected chi connectivity index (χ2v) is 6.32. The molecular weight excluding hydrogens is 339 g/mol. The number of aromatic nitrogens is 4. The van der Waals surface area contributed by atoms with Crippen LogP contribution in [0.5, 0.6) is 0 Å². The summed E-state index contributed by atoms with van der Waals surface area (Å²) in [6.45, 7) is 6.17. The van der Waals surface area contributed by atoms with Crippen LogP contribution in [-0.4, -0.2) is 57.3 Å². The molecule has 8 nitrogen and oxygen atoms in total. The Morgan fingerprint density at radius 3 is 2.92 bits per heavy atom. The van der Waals surface area contributed by atoms with Gasteiger partial charge >= 0.3 is 0 Å². The fourth-order valence-corrected chi connectivity index (χ4v) is 2.71. The molecule has 0 atom stereocenters. The lowest BCUT2D eigenvalue weighted by atomic mass is 10.1. The molecule has 3 rings (SSSR count). The van der Waals surface area contributed by atoms with Crippen LogP contribution in [0.15, 0.2) is 18.2 Å². The predicted octanol–water partition coefficient (Wildman–Crippen LogP) is 0.659. The molecular formula is C17H23FN6O2. The average molecular weight is 362 g/mol. The van der Waals surface area contributed by atoms with E-state index in [0.29, 0.717) is 38.4 Å². The van der Waals surface area contributed by atoms with Crippen LogP contribution in [-0.2, 0) is 29.2 Å². The second kappa shape index (κ2) is 8.81. The summed E-state index contributed by atoms with van der Waals surface area (Å²) in [6, 6.07) is 4.95. The highest BCUT2D eigenvalue weighted by Crippen LogP contribution is 2.09. The maximum atomic E-state index is 13.5. The van der Waals surface area contributed by atoms with Gasteiger partial charge in [-0.1, -0.05) is 12.1 Å². The van der Waals surface area contributed by atoms with Crippen LogP contribution in [0.1, 0.15) is 23.4 Å². The summed E-state index contributed by atoms with van der Waals surface area (Å²) in [5, 5.41) is 14.5. The molecule has 1 aromatic heterocycles. The lowest BCUT2D eigenvalue weighted by molar-refractivity contribution is -0.121. The van der Waals surface area contributed by atoms with Gasteiger partial charge in [0.15, 0.2) is 5.82 Å². The largest absolute Gasteiger partial charge is 0.379 e. The first-order valence-corrected chi connectivity index (χ1v) is 8.68. The number of hydrogen-bond acceptors (Lipinski definition) is 6. The number of ether oxygens (including phenoxy) is 1. The maximum absolute atomic E-state index is 13.5.